The highest BCUT2D eigenvalue weighted by Crippen LogP contribution is 2.11. The second-order valence-corrected chi connectivity index (χ2v) is 5.73. The molecule has 0 fully saturated rings. The first kappa shape index (κ1) is 16.5. The van der Waals surface area contributed by atoms with Crippen molar-refractivity contribution < 1.29 is 14.7 Å². The first-order valence-electron chi connectivity index (χ1n) is 6.30. The normalized spacial score (nSPS) is 13.3. The molecule has 1 aromatic carbocycles. The van der Waals surface area contributed by atoms with Crippen molar-refractivity contribution in [3.05, 3.63) is 30.3 Å². The zero-order valence-electron chi connectivity index (χ0n) is 11.7. The minimum Gasteiger partial charge on any atom is -0.388 e. The highest BCUT2D eigenvalue weighted by Gasteiger charge is 2.22. The smallest absolute Gasteiger partial charge is 0.313 e. The molecule has 0 unspecified atom stereocenters. The average Bonchev–Trinajstić information content (AvgIpc) is 2.44. The summed E-state index contributed by atoms with van der Waals surface area (Å²) >= 11 is 1.62. The Hall–Kier alpha value is -1.53. The Morgan fingerprint density at radius 2 is 1.90 bits per heavy atom. The number of carbonyl (C=O) groups is 2. The summed E-state index contributed by atoms with van der Waals surface area (Å²) in [6.07, 6.45) is 2.50. The van der Waals surface area contributed by atoms with Crippen LogP contribution < -0.4 is 10.6 Å². The van der Waals surface area contributed by atoms with Crippen LogP contribution in [0.15, 0.2) is 30.3 Å². The van der Waals surface area contributed by atoms with Gasteiger partial charge in [-0.15, -0.1) is 0 Å². The molecule has 3 N–H and O–H groups in total. The van der Waals surface area contributed by atoms with Crippen molar-refractivity contribution in [3.8, 4) is 0 Å². The summed E-state index contributed by atoms with van der Waals surface area (Å²) in [5, 5.41) is 14.9. The maximum absolute atomic E-state index is 11.6. The van der Waals surface area contributed by atoms with E-state index in [1.807, 2.05) is 12.3 Å². The Balaban J connectivity index is 2.40. The molecule has 110 valence electrons. The number of rotatable bonds is 6. The van der Waals surface area contributed by atoms with Gasteiger partial charge in [-0.1, -0.05) is 18.2 Å². The van der Waals surface area contributed by atoms with E-state index in [4.69, 9.17) is 0 Å². The number of hydrogen-bond acceptors (Lipinski definition) is 4. The van der Waals surface area contributed by atoms with Gasteiger partial charge in [-0.25, -0.2) is 0 Å². The third-order valence-electron chi connectivity index (χ3n) is 2.71. The van der Waals surface area contributed by atoms with E-state index in [-0.39, 0.29) is 6.54 Å². The van der Waals surface area contributed by atoms with Crippen molar-refractivity contribution in [1.29, 1.82) is 0 Å². The van der Waals surface area contributed by atoms with Crippen molar-refractivity contribution >= 4 is 29.3 Å². The Morgan fingerprint density at radius 1 is 1.25 bits per heavy atom. The number of thioether (sulfide) groups is 1. The summed E-state index contributed by atoms with van der Waals surface area (Å²) in [5.74, 6) is -0.700. The molecule has 0 saturated carbocycles. The van der Waals surface area contributed by atoms with Crippen LogP contribution in [0.4, 0.5) is 5.69 Å². The fourth-order valence-electron chi connectivity index (χ4n) is 1.47. The molecule has 1 aromatic rings. The summed E-state index contributed by atoms with van der Waals surface area (Å²) in [5.41, 5.74) is -0.451. The lowest BCUT2D eigenvalue weighted by molar-refractivity contribution is -0.136. The van der Waals surface area contributed by atoms with Gasteiger partial charge < -0.3 is 15.7 Å². The molecule has 0 saturated heterocycles. The Kier molecular flexibility index (Phi) is 6.54. The van der Waals surface area contributed by atoms with E-state index in [2.05, 4.69) is 10.6 Å². The van der Waals surface area contributed by atoms with Crippen LogP contribution in [0, 0.1) is 0 Å². The molecule has 0 heterocycles. The van der Waals surface area contributed by atoms with E-state index in [9.17, 15) is 14.7 Å². The second-order valence-electron chi connectivity index (χ2n) is 4.74. The van der Waals surface area contributed by atoms with Crippen molar-refractivity contribution in [3.63, 3.8) is 0 Å². The number of benzene rings is 1. The molecular weight excluding hydrogens is 276 g/mol. The minimum absolute atomic E-state index is 0.0502. The highest BCUT2D eigenvalue weighted by atomic mass is 32.2. The van der Waals surface area contributed by atoms with Gasteiger partial charge in [0, 0.05) is 12.2 Å². The number of carbonyl (C=O) groups excluding carboxylic acids is 2. The number of amides is 2. The largest absolute Gasteiger partial charge is 0.388 e. The summed E-state index contributed by atoms with van der Waals surface area (Å²) in [4.78, 5) is 23.3. The lowest BCUT2D eigenvalue weighted by Crippen LogP contribution is -2.44. The van der Waals surface area contributed by atoms with Crippen LogP contribution in [0.5, 0.6) is 0 Å². The summed E-state index contributed by atoms with van der Waals surface area (Å²) < 4.78 is 0. The van der Waals surface area contributed by atoms with Crippen molar-refractivity contribution in [2.75, 3.05) is 23.9 Å². The van der Waals surface area contributed by atoms with Gasteiger partial charge in [0.25, 0.3) is 0 Å². The first-order chi connectivity index (χ1) is 9.44. The standard InChI is InChI=1S/C14H20N2O3S/c1-14(19,8-9-20-2)10-15-12(17)13(18)16-11-6-4-3-5-7-11/h3-7,19H,8-10H2,1-2H3,(H,15,17)(H,16,18)/t14-/m0/s1. The number of nitrogens with one attached hydrogen (secondary N) is 2. The van der Waals surface area contributed by atoms with Crippen LogP contribution in [0.3, 0.4) is 0 Å². The van der Waals surface area contributed by atoms with E-state index in [1.165, 1.54) is 0 Å². The predicted octanol–water partition coefficient (Wildman–Crippen LogP) is 1.25. The van der Waals surface area contributed by atoms with Gasteiger partial charge in [-0.05, 0) is 37.5 Å². The molecule has 0 bridgehead atoms. The van der Waals surface area contributed by atoms with Gasteiger partial charge in [-0.2, -0.15) is 11.8 Å². The molecule has 6 heteroatoms. The van der Waals surface area contributed by atoms with Gasteiger partial charge in [0.2, 0.25) is 0 Å². The van der Waals surface area contributed by atoms with E-state index >= 15 is 0 Å². The maximum atomic E-state index is 11.6. The third kappa shape index (κ3) is 6.08. The van der Waals surface area contributed by atoms with Gasteiger partial charge in [0.15, 0.2) is 0 Å². The molecular formula is C14H20N2O3S. The minimum atomic E-state index is -1.01. The molecule has 2 amide bonds. The lowest BCUT2D eigenvalue weighted by Gasteiger charge is -2.22. The molecule has 0 aliphatic heterocycles. The molecule has 5 nitrogen and oxygen atoms in total. The van der Waals surface area contributed by atoms with Crippen molar-refractivity contribution in [2.45, 2.75) is 18.9 Å². The Labute approximate surface area is 123 Å². The monoisotopic (exact) mass is 296 g/mol. The van der Waals surface area contributed by atoms with Crippen LogP contribution in [0.25, 0.3) is 0 Å². The van der Waals surface area contributed by atoms with Crippen molar-refractivity contribution in [1.82, 2.24) is 5.32 Å². The summed E-state index contributed by atoms with van der Waals surface area (Å²) in [6, 6.07) is 8.74. The van der Waals surface area contributed by atoms with Crippen LogP contribution in [0.2, 0.25) is 0 Å². The first-order valence-corrected chi connectivity index (χ1v) is 7.69. The number of hydrogen-bond donors (Lipinski definition) is 3. The van der Waals surface area contributed by atoms with Crippen LogP contribution >= 0.6 is 11.8 Å². The number of anilines is 1. The molecule has 1 atom stereocenters. The number of aliphatic hydroxyl groups is 1. The van der Waals surface area contributed by atoms with Gasteiger partial charge >= 0.3 is 11.8 Å². The quantitative estimate of drug-likeness (QED) is 0.690. The molecule has 0 radical (unpaired) electrons. The fourth-order valence-corrected chi connectivity index (χ4v) is 2.11. The van der Waals surface area contributed by atoms with Crippen molar-refractivity contribution in [2.24, 2.45) is 0 Å². The molecule has 0 aromatic heterocycles. The highest BCUT2D eigenvalue weighted by molar-refractivity contribution is 7.98. The summed E-state index contributed by atoms with van der Waals surface area (Å²) in [6.45, 7) is 1.69. The van der Waals surface area contributed by atoms with E-state index in [0.717, 1.165) is 5.75 Å². The maximum Gasteiger partial charge on any atom is 0.313 e. The van der Waals surface area contributed by atoms with E-state index < -0.39 is 17.4 Å². The topological polar surface area (TPSA) is 78.4 Å². The molecule has 20 heavy (non-hydrogen) atoms. The average molecular weight is 296 g/mol. The van der Waals surface area contributed by atoms with Crippen LogP contribution in [-0.4, -0.2) is 41.1 Å². The Morgan fingerprint density at radius 3 is 2.50 bits per heavy atom. The molecule has 0 aliphatic carbocycles. The van der Waals surface area contributed by atoms with Crippen LogP contribution in [0.1, 0.15) is 13.3 Å². The lowest BCUT2D eigenvalue weighted by atomic mass is 10.0. The van der Waals surface area contributed by atoms with E-state index in [0.29, 0.717) is 12.1 Å². The zero-order chi connectivity index (χ0) is 15.0. The number of para-hydroxylation sites is 1. The van der Waals surface area contributed by atoms with Gasteiger partial charge in [0.1, 0.15) is 0 Å². The Bertz CT molecular complexity index is 449. The van der Waals surface area contributed by atoms with E-state index in [1.54, 1.807) is 43.0 Å². The second kappa shape index (κ2) is 7.91. The third-order valence-corrected chi connectivity index (χ3v) is 3.32. The SMILES string of the molecule is CSCC[C@](C)(O)CNC(=O)C(=O)Nc1ccccc1. The zero-order valence-corrected chi connectivity index (χ0v) is 12.5. The molecule has 0 aliphatic rings. The van der Waals surface area contributed by atoms with Crippen LogP contribution in [-0.2, 0) is 9.59 Å². The fraction of sp³-hybridized carbons (Fsp3) is 0.429. The molecule has 1 rings (SSSR count). The van der Waals surface area contributed by atoms with Gasteiger partial charge in [-0.3, -0.25) is 9.59 Å². The predicted molar refractivity (Wildman–Crippen MR) is 81.7 cm³/mol. The van der Waals surface area contributed by atoms with Gasteiger partial charge in [0.05, 0.1) is 5.60 Å². The molecule has 0 spiro atoms. The summed E-state index contributed by atoms with van der Waals surface area (Å²) in [7, 11) is 0.